The number of carbonyl (C=O) groups excluding carboxylic acids is 2. The van der Waals surface area contributed by atoms with Crippen molar-refractivity contribution in [3.63, 3.8) is 0 Å². The minimum atomic E-state index is -3.49. The number of thiazole rings is 1. The Kier molecular flexibility index (Phi) is 6.21. The van der Waals surface area contributed by atoms with E-state index in [1.807, 2.05) is 0 Å². The highest BCUT2D eigenvalue weighted by molar-refractivity contribution is 7.88. The molecule has 2 heterocycles. The molecule has 0 radical (unpaired) electrons. The Hall–Kier alpha value is -2.48. The van der Waals surface area contributed by atoms with Gasteiger partial charge in [0.2, 0.25) is 10.0 Å². The number of ether oxygens (including phenoxy) is 1. The van der Waals surface area contributed by atoms with E-state index in [4.69, 9.17) is 11.2 Å². The van der Waals surface area contributed by atoms with Crippen molar-refractivity contribution in [2.75, 3.05) is 19.4 Å². The molecule has 1 aromatic heterocycles. The van der Waals surface area contributed by atoms with Crippen molar-refractivity contribution in [2.45, 2.75) is 32.4 Å². The maximum absolute atomic E-state index is 12.8. The van der Waals surface area contributed by atoms with Crippen molar-refractivity contribution in [3.05, 3.63) is 28.6 Å². The lowest BCUT2D eigenvalue weighted by atomic mass is 10.2. The van der Waals surface area contributed by atoms with Crippen LogP contribution in [0.4, 0.5) is 0 Å². The van der Waals surface area contributed by atoms with E-state index in [0.717, 1.165) is 16.5 Å². The number of aromatic nitrogens is 1. The number of hydrogen-bond acceptors (Lipinski definition) is 6. The topological polar surface area (TPSA) is 98.0 Å². The Balaban J connectivity index is 2.05. The van der Waals surface area contributed by atoms with E-state index in [-0.39, 0.29) is 13.2 Å². The van der Waals surface area contributed by atoms with Crippen LogP contribution in [0, 0.1) is 12.3 Å². The Labute approximate surface area is 172 Å². The van der Waals surface area contributed by atoms with Gasteiger partial charge in [-0.25, -0.2) is 13.2 Å². The zero-order valence-corrected chi connectivity index (χ0v) is 17.8. The molecule has 10 heteroatoms. The summed E-state index contributed by atoms with van der Waals surface area (Å²) in [6, 6.07) is 4.24. The van der Waals surface area contributed by atoms with Gasteiger partial charge < -0.3 is 9.30 Å². The number of nitrogens with zero attached hydrogens (tertiary/aromatic N) is 3. The van der Waals surface area contributed by atoms with E-state index < -0.39 is 27.9 Å². The number of hydrogen-bond donors (Lipinski definition) is 0. The van der Waals surface area contributed by atoms with Crippen LogP contribution in [-0.2, 0) is 26.1 Å². The fourth-order valence-corrected chi connectivity index (χ4v) is 5.49. The summed E-state index contributed by atoms with van der Waals surface area (Å²) < 4.78 is 32.5. The summed E-state index contributed by atoms with van der Waals surface area (Å²) in [5.41, 5.74) is 1.13. The van der Waals surface area contributed by atoms with Crippen LogP contribution < -0.4 is 4.80 Å². The van der Waals surface area contributed by atoms with Gasteiger partial charge in [0, 0.05) is 6.54 Å². The van der Waals surface area contributed by atoms with Crippen LogP contribution in [0.1, 0.15) is 30.1 Å². The molecule has 154 valence electrons. The van der Waals surface area contributed by atoms with Crippen LogP contribution in [0.5, 0.6) is 0 Å². The van der Waals surface area contributed by atoms with Gasteiger partial charge in [-0.2, -0.15) is 9.30 Å². The van der Waals surface area contributed by atoms with Crippen molar-refractivity contribution < 1.29 is 22.7 Å². The quantitative estimate of drug-likeness (QED) is 0.522. The van der Waals surface area contributed by atoms with Crippen LogP contribution in [0.25, 0.3) is 10.2 Å². The van der Waals surface area contributed by atoms with Gasteiger partial charge in [0.1, 0.15) is 6.04 Å². The summed E-state index contributed by atoms with van der Waals surface area (Å²) in [5, 5.41) is 0. The van der Waals surface area contributed by atoms with Crippen molar-refractivity contribution in [1.29, 1.82) is 0 Å². The molecule has 1 aliphatic heterocycles. The molecule has 0 bridgehead atoms. The summed E-state index contributed by atoms with van der Waals surface area (Å²) in [4.78, 5) is 29.3. The lowest BCUT2D eigenvalue weighted by Crippen LogP contribution is -2.39. The van der Waals surface area contributed by atoms with Crippen molar-refractivity contribution in [2.24, 2.45) is 4.99 Å². The smallest absolute Gasteiger partial charge is 0.338 e. The van der Waals surface area contributed by atoms with Crippen LogP contribution >= 0.6 is 11.3 Å². The van der Waals surface area contributed by atoms with Crippen LogP contribution in [0.15, 0.2) is 23.2 Å². The third kappa shape index (κ3) is 4.42. The van der Waals surface area contributed by atoms with E-state index >= 15 is 0 Å². The standard InChI is InChI=1S/C19H21N3O5S2/c1-4-10-21-14-9-8-13(18(24)27-5-2)12-16(14)28-19(21)20-17(23)15-7-6-11-22(15)29(3,25)26/h1,8-9,12,15H,5-7,10-11H2,2-3H3. The van der Waals surface area contributed by atoms with Gasteiger partial charge >= 0.3 is 5.97 Å². The van der Waals surface area contributed by atoms with Gasteiger partial charge in [0.05, 0.1) is 35.2 Å². The first-order chi connectivity index (χ1) is 13.8. The number of benzene rings is 1. The molecule has 0 spiro atoms. The SMILES string of the molecule is C#CCn1c(=NC(=O)C2CCCN2S(C)(=O)=O)sc2cc(C(=O)OCC)ccc21. The molecule has 29 heavy (non-hydrogen) atoms. The lowest BCUT2D eigenvalue weighted by Gasteiger charge is -2.18. The van der Waals surface area contributed by atoms with E-state index in [9.17, 15) is 18.0 Å². The Morgan fingerprint density at radius 2 is 2.17 bits per heavy atom. The number of carbonyl (C=O) groups is 2. The van der Waals surface area contributed by atoms with Crippen molar-refractivity contribution in [3.8, 4) is 12.3 Å². The Morgan fingerprint density at radius 1 is 1.41 bits per heavy atom. The van der Waals surface area contributed by atoms with Gasteiger partial charge in [0.15, 0.2) is 4.80 Å². The normalized spacial score (nSPS) is 18.1. The number of terminal acetylenes is 1. The molecule has 1 aromatic carbocycles. The second-order valence-electron chi connectivity index (χ2n) is 6.56. The molecule has 1 fully saturated rings. The van der Waals surface area contributed by atoms with Crippen LogP contribution in [-0.4, -0.2) is 54.6 Å². The molecule has 0 aliphatic carbocycles. The third-order valence-corrected chi connectivity index (χ3v) is 6.89. The zero-order valence-electron chi connectivity index (χ0n) is 16.1. The van der Waals surface area contributed by atoms with Crippen molar-refractivity contribution in [1.82, 2.24) is 8.87 Å². The number of sulfonamides is 1. The number of amides is 1. The van der Waals surface area contributed by atoms with Gasteiger partial charge in [-0.05, 0) is 38.0 Å². The van der Waals surface area contributed by atoms with Gasteiger partial charge in [-0.1, -0.05) is 17.3 Å². The summed E-state index contributed by atoms with van der Waals surface area (Å²) in [7, 11) is -3.49. The molecule has 1 aliphatic rings. The Bertz CT molecular complexity index is 1170. The summed E-state index contributed by atoms with van der Waals surface area (Å²) in [6.07, 6.45) is 7.61. The highest BCUT2D eigenvalue weighted by Gasteiger charge is 2.36. The molecule has 1 saturated heterocycles. The molecule has 1 amide bonds. The third-order valence-electron chi connectivity index (χ3n) is 4.56. The minimum absolute atomic E-state index is 0.186. The minimum Gasteiger partial charge on any atom is -0.462 e. The molecule has 0 N–H and O–H groups in total. The molecule has 8 nitrogen and oxygen atoms in total. The first-order valence-electron chi connectivity index (χ1n) is 9.05. The first kappa shape index (κ1) is 21.2. The van der Waals surface area contributed by atoms with E-state index in [1.165, 1.54) is 15.6 Å². The second kappa shape index (κ2) is 8.49. The molecular formula is C19H21N3O5S2. The van der Waals surface area contributed by atoms with Gasteiger partial charge in [-0.15, -0.1) is 6.42 Å². The molecule has 3 rings (SSSR count). The van der Waals surface area contributed by atoms with Crippen LogP contribution in [0.3, 0.4) is 0 Å². The van der Waals surface area contributed by atoms with Crippen LogP contribution in [0.2, 0.25) is 0 Å². The molecule has 2 aromatic rings. The largest absolute Gasteiger partial charge is 0.462 e. The highest BCUT2D eigenvalue weighted by Crippen LogP contribution is 2.23. The second-order valence-corrected chi connectivity index (χ2v) is 9.50. The van der Waals surface area contributed by atoms with Crippen molar-refractivity contribution >= 4 is 43.5 Å². The van der Waals surface area contributed by atoms with E-state index in [0.29, 0.717) is 29.8 Å². The zero-order chi connectivity index (χ0) is 21.2. The van der Waals surface area contributed by atoms with Gasteiger partial charge in [-0.3, -0.25) is 4.79 Å². The number of esters is 1. The van der Waals surface area contributed by atoms with E-state index in [2.05, 4.69) is 10.9 Å². The fourth-order valence-electron chi connectivity index (χ4n) is 3.30. The molecular weight excluding hydrogens is 414 g/mol. The molecule has 1 unspecified atom stereocenters. The lowest BCUT2D eigenvalue weighted by molar-refractivity contribution is -0.121. The highest BCUT2D eigenvalue weighted by atomic mass is 32.2. The average molecular weight is 436 g/mol. The predicted octanol–water partition coefficient (Wildman–Crippen LogP) is 1.36. The molecule has 0 saturated carbocycles. The number of fused-ring (bicyclic) bond motifs is 1. The first-order valence-corrected chi connectivity index (χ1v) is 11.7. The summed E-state index contributed by atoms with van der Waals surface area (Å²) in [5.74, 6) is 1.58. The fraction of sp³-hybridized carbons (Fsp3) is 0.421. The average Bonchev–Trinajstić information content (AvgIpc) is 3.27. The maximum Gasteiger partial charge on any atom is 0.338 e. The monoisotopic (exact) mass is 435 g/mol. The summed E-state index contributed by atoms with van der Waals surface area (Å²) >= 11 is 1.21. The summed E-state index contributed by atoms with van der Waals surface area (Å²) in [6.45, 7) is 2.50. The predicted molar refractivity (Wildman–Crippen MR) is 110 cm³/mol. The van der Waals surface area contributed by atoms with Gasteiger partial charge in [0.25, 0.3) is 5.91 Å². The molecule has 1 atom stereocenters. The number of rotatable bonds is 5. The Morgan fingerprint density at radius 3 is 2.83 bits per heavy atom. The van der Waals surface area contributed by atoms with E-state index in [1.54, 1.807) is 29.7 Å². The maximum atomic E-state index is 12.8.